The Bertz CT molecular complexity index is 286. The fraction of sp³-hybridized carbons (Fsp3) is 0.500. The Morgan fingerprint density at radius 2 is 1.93 bits per heavy atom. The molecule has 0 amide bonds. The van der Waals surface area contributed by atoms with Gasteiger partial charge in [-0.15, -0.1) is 11.8 Å². The van der Waals surface area contributed by atoms with Crippen LogP contribution in [0.5, 0.6) is 0 Å². The van der Waals surface area contributed by atoms with Gasteiger partial charge in [0.25, 0.3) is 0 Å². The van der Waals surface area contributed by atoms with Crippen LogP contribution >= 0.6 is 11.8 Å². The normalized spacial score (nSPS) is 14.9. The Labute approximate surface area is 95.2 Å². The molecule has 0 aromatic heterocycles. The molecular formula is C12H18FNS. The lowest BCUT2D eigenvalue weighted by atomic mass is 10.1. The van der Waals surface area contributed by atoms with Crippen molar-refractivity contribution in [2.24, 2.45) is 5.73 Å². The van der Waals surface area contributed by atoms with Crippen LogP contribution in [0, 0.1) is 5.82 Å². The first-order valence-corrected chi connectivity index (χ1v) is 6.22. The van der Waals surface area contributed by atoms with Gasteiger partial charge in [-0.05, 0) is 24.1 Å². The Hall–Kier alpha value is -0.540. The first-order valence-electron chi connectivity index (χ1n) is 5.28. The van der Waals surface area contributed by atoms with Crippen molar-refractivity contribution < 1.29 is 4.39 Å². The first-order chi connectivity index (χ1) is 7.17. The molecule has 0 aliphatic rings. The van der Waals surface area contributed by atoms with E-state index in [0.717, 1.165) is 12.0 Å². The van der Waals surface area contributed by atoms with E-state index < -0.39 is 0 Å². The van der Waals surface area contributed by atoms with Gasteiger partial charge in [-0.1, -0.05) is 26.0 Å². The predicted molar refractivity (Wildman–Crippen MR) is 65.5 cm³/mol. The zero-order chi connectivity index (χ0) is 11.3. The van der Waals surface area contributed by atoms with Crippen molar-refractivity contribution in [2.45, 2.75) is 30.8 Å². The molecule has 2 atom stereocenters. The molecule has 15 heavy (non-hydrogen) atoms. The summed E-state index contributed by atoms with van der Waals surface area (Å²) in [4.78, 5) is 0. The number of halogens is 1. The number of thioether (sulfide) groups is 1. The molecule has 0 aliphatic heterocycles. The molecule has 1 aromatic rings. The van der Waals surface area contributed by atoms with Crippen LogP contribution in [0.2, 0.25) is 0 Å². The summed E-state index contributed by atoms with van der Waals surface area (Å²) in [5.74, 6) is -0.192. The summed E-state index contributed by atoms with van der Waals surface area (Å²) in [6.07, 6.45) is 1.13. The molecule has 2 unspecified atom stereocenters. The van der Waals surface area contributed by atoms with Crippen molar-refractivity contribution in [3.05, 3.63) is 35.6 Å². The van der Waals surface area contributed by atoms with Crippen molar-refractivity contribution in [1.29, 1.82) is 0 Å². The number of nitrogens with two attached hydrogens (primary N) is 1. The molecule has 1 aromatic carbocycles. The van der Waals surface area contributed by atoms with E-state index in [2.05, 4.69) is 13.8 Å². The second-order valence-corrected chi connectivity index (χ2v) is 5.28. The largest absolute Gasteiger partial charge is 0.329 e. The van der Waals surface area contributed by atoms with E-state index in [1.807, 2.05) is 23.9 Å². The zero-order valence-corrected chi connectivity index (χ0v) is 10.1. The average Bonchev–Trinajstić information content (AvgIpc) is 2.27. The smallest absolute Gasteiger partial charge is 0.123 e. The highest BCUT2D eigenvalue weighted by Gasteiger charge is 2.13. The summed E-state index contributed by atoms with van der Waals surface area (Å²) in [5, 5.41) is 0.865. The lowest BCUT2D eigenvalue weighted by Crippen LogP contribution is -2.12. The van der Waals surface area contributed by atoms with Gasteiger partial charge in [-0.25, -0.2) is 4.39 Å². The predicted octanol–water partition coefficient (Wildman–Crippen LogP) is 3.36. The van der Waals surface area contributed by atoms with Crippen molar-refractivity contribution in [3.63, 3.8) is 0 Å². The zero-order valence-electron chi connectivity index (χ0n) is 9.24. The van der Waals surface area contributed by atoms with E-state index in [1.165, 1.54) is 12.1 Å². The first kappa shape index (κ1) is 12.5. The van der Waals surface area contributed by atoms with Gasteiger partial charge in [0.05, 0.1) is 0 Å². The van der Waals surface area contributed by atoms with Crippen molar-refractivity contribution in [3.8, 4) is 0 Å². The summed E-state index contributed by atoms with van der Waals surface area (Å²) in [5.41, 5.74) is 6.85. The molecule has 84 valence electrons. The second-order valence-electron chi connectivity index (χ2n) is 3.63. The monoisotopic (exact) mass is 227 g/mol. The summed E-state index contributed by atoms with van der Waals surface area (Å²) in [6.45, 7) is 4.95. The summed E-state index contributed by atoms with van der Waals surface area (Å²) >= 11 is 1.86. The van der Waals surface area contributed by atoms with Crippen molar-refractivity contribution >= 4 is 11.8 Å². The number of hydrogen-bond donors (Lipinski definition) is 1. The molecule has 1 nitrogen and oxygen atoms in total. The van der Waals surface area contributed by atoms with E-state index in [0.29, 0.717) is 11.8 Å². The van der Waals surface area contributed by atoms with E-state index >= 15 is 0 Å². The third kappa shape index (κ3) is 3.84. The Morgan fingerprint density at radius 3 is 2.40 bits per heavy atom. The molecule has 0 heterocycles. The average molecular weight is 227 g/mol. The van der Waals surface area contributed by atoms with Gasteiger partial charge in [0.1, 0.15) is 5.82 Å². The molecule has 3 heteroatoms. The molecule has 1 rings (SSSR count). The number of rotatable bonds is 5. The van der Waals surface area contributed by atoms with Gasteiger partial charge in [0.2, 0.25) is 0 Å². The van der Waals surface area contributed by atoms with Gasteiger partial charge in [0, 0.05) is 17.0 Å². The summed E-state index contributed by atoms with van der Waals surface area (Å²) in [7, 11) is 0. The minimum atomic E-state index is -0.192. The molecule has 0 bridgehead atoms. The molecule has 0 aliphatic carbocycles. The van der Waals surface area contributed by atoms with Crippen molar-refractivity contribution in [1.82, 2.24) is 0 Å². The van der Waals surface area contributed by atoms with Gasteiger partial charge < -0.3 is 5.73 Å². The maximum atomic E-state index is 12.7. The lowest BCUT2D eigenvalue weighted by molar-refractivity contribution is 0.627. The highest BCUT2D eigenvalue weighted by atomic mass is 32.2. The maximum Gasteiger partial charge on any atom is 0.123 e. The molecule has 2 N–H and O–H groups in total. The molecule has 0 saturated carbocycles. The van der Waals surface area contributed by atoms with Crippen LogP contribution in [0.25, 0.3) is 0 Å². The fourth-order valence-corrected chi connectivity index (χ4v) is 2.50. The third-order valence-corrected chi connectivity index (χ3v) is 4.02. The summed E-state index contributed by atoms with van der Waals surface area (Å²) in [6, 6.07) is 6.63. The Balaban J connectivity index is 2.69. The lowest BCUT2D eigenvalue weighted by Gasteiger charge is -2.18. The highest BCUT2D eigenvalue weighted by molar-refractivity contribution is 8.00. The second kappa shape index (κ2) is 6.13. The topological polar surface area (TPSA) is 26.0 Å². The SMILES string of the molecule is CCC(C)SC(CN)c1ccc(F)cc1. The van der Waals surface area contributed by atoms with Crippen LogP contribution in [0.4, 0.5) is 4.39 Å². The van der Waals surface area contributed by atoms with Crippen LogP contribution in [-0.2, 0) is 0 Å². The van der Waals surface area contributed by atoms with Gasteiger partial charge in [-0.3, -0.25) is 0 Å². The van der Waals surface area contributed by atoms with Crippen molar-refractivity contribution in [2.75, 3.05) is 6.54 Å². The highest BCUT2D eigenvalue weighted by Crippen LogP contribution is 2.32. The van der Waals surface area contributed by atoms with E-state index in [-0.39, 0.29) is 11.1 Å². The van der Waals surface area contributed by atoms with Crippen LogP contribution in [0.15, 0.2) is 24.3 Å². The standard InChI is InChI=1S/C12H18FNS/c1-3-9(2)15-12(8-14)10-4-6-11(13)7-5-10/h4-7,9,12H,3,8,14H2,1-2H3. The van der Waals surface area contributed by atoms with E-state index in [4.69, 9.17) is 5.73 Å². The number of hydrogen-bond acceptors (Lipinski definition) is 2. The van der Waals surface area contributed by atoms with Crippen LogP contribution < -0.4 is 5.73 Å². The minimum absolute atomic E-state index is 0.192. The quantitative estimate of drug-likeness (QED) is 0.834. The third-order valence-electron chi connectivity index (χ3n) is 2.43. The molecule has 0 spiro atoms. The minimum Gasteiger partial charge on any atom is -0.329 e. The molecular weight excluding hydrogens is 209 g/mol. The van der Waals surface area contributed by atoms with Crippen LogP contribution in [-0.4, -0.2) is 11.8 Å². The van der Waals surface area contributed by atoms with Crippen LogP contribution in [0.3, 0.4) is 0 Å². The van der Waals surface area contributed by atoms with E-state index in [9.17, 15) is 4.39 Å². The van der Waals surface area contributed by atoms with E-state index in [1.54, 1.807) is 0 Å². The molecule has 0 radical (unpaired) electrons. The van der Waals surface area contributed by atoms with Gasteiger partial charge in [0.15, 0.2) is 0 Å². The number of benzene rings is 1. The molecule has 0 fully saturated rings. The Morgan fingerprint density at radius 1 is 1.33 bits per heavy atom. The summed E-state index contributed by atoms with van der Waals surface area (Å²) < 4.78 is 12.7. The Kier molecular flexibility index (Phi) is 5.12. The van der Waals surface area contributed by atoms with Gasteiger partial charge in [-0.2, -0.15) is 0 Å². The maximum absolute atomic E-state index is 12.7. The van der Waals surface area contributed by atoms with Crippen LogP contribution in [0.1, 0.15) is 31.1 Å². The van der Waals surface area contributed by atoms with Gasteiger partial charge >= 0.3 is 0 Å². The molecule has 0 saturated heterocycles. The fourth-order valence-electron chi connectivity index (χ4n) is 1.32.